The average Bonchev–Trinajstić information content (AvgIpc) is 2.76. The molecule has 158 valence electrons. The summed E-state index contributed by atoms with van der Waals surface area (Å²) in [6.45, 7) is 4.48. The number of nitrogens with zero attached hydrogens (tertiary/aromatic N) is 3. The van der Waals surface area contributed by atoms with Gasteiger partial charge in [-0.2, -0.15) is 0 Å². The van der Waals surface area contributed by atoms with Gasteiger partial charge in [-0.25, -0.2) is 9.97 Å². The van der Waals surface area contributed by atoms with Crippen molar-refractivity contribution in [2.45, 2.75) is 19.8 Å². The molecule has 0 unspecified atom stereocenters. The van der Waals surface area contributed by atoms with E-state index >= 15 is 0 Å². The van der Waals surface area contributed by atoms with Gasteiger partial charge in [-0.15, -0.1) is 0 Å². The molecule has 6 nitrogen and oxygen atoms in total. The highest BCUT2D eigenvalue weighted by Gasteiger charge is 2.17. The number of benzene rings is 2. The molecule has 1 heterocycles. The number of ether oxygens (including phenoxy) is 1. The van der Waals surface area contributed by atoms with E-state index in [1.54, 1.807) is 7.11 Å². The van der Waals surface area contributed by atoms with Crippen LogP contribution in [0.3, 0.4) is 0 Å². The topological polar surface area (TPSA) is 67.4 Å². The van der Waals surface area contributed by atoms with Crippen molar-refractivity contribution in [2.75, 3.05) is 38.3 Å². The Hall–Kier alpha value is -2.70. The third-order valence-electron chi connectivity index (χ3n) is 4.73. The maximum atomic E-state index is 12.2. The molecule has 0 aliphatic carbocycles. The number of fused-ring (bicyclic) bond motifs is 1. The van der Waals surface area contributed by atoms with Crippen LogP contribution in [0.2, 0.25) is 5.02 Å². The molecule has 1 amide bonds. The van der Waals surface area contributed by atoms with Crippen LogP contribution in [0.15, 0.2) is 48.5 Å². The van der Waals surface area contributed by atoms with Crippen molar-refractivity contribution in [2.24, 2.45) is 0 Å². The van der Waals surface area contributed by atoms with E-state index in [0.29, 0.717) is 37.0 Å². The van der Waals surface area contributed by atoms with E-state index in [1.807, 2.05) is 48.5 Å². The summed E-state index contributed by atoms with van der Waals surface area (Å²) in [5, 5.41) is 4.44. The van der Waals surface area contributed by atoms with Gasteiger partial charge in [-0.3, -0.25) is 4.79 Å². The van der Waals surface area contributed by atoms with Gasteiger partial charge in [0.25, 0.3) is 0 Å². The van der Waals surface area contributed by atoms with E-state index < -0.39 is 0 Å². The summed E-state index contributed by atoms with van der Waals surface area (Å²) in [6.07, 6.45) is 1.31. The van der Waals surface area contributed by atoms with E-state index in [-0.39, 0.29) is 5.91 Å². The minimum Gasteiger partial charge on any atom is -0.383 e. The summed E-state index contributed by atoms with van der Waals surface area (Å²) >= 11 is 6.41. The van der Waals surface area contributed by atoms with Gasteiger partial charge in [0, 0.05) is 44.1 Å². The molecule has 0 bridgehead atoms. The van der Waals surface area contributed by atoms with Crippen LogP contribution in [0.4, 0.5) is 5.82 Å². The molecule has 2 aromatic carbocycles. The molecule has 3 aromatic rings. The first kappa shape index (κ1) is 22.0. The SMILES string of the molecule is CCCN(CCC(=O)NCCOC)c1nc(-c2ccccc2Cl)nc2ccccc12. The van der Waals surface area contributed by atoms with E-state index in [0.717, 1.165) is 35.2 Å². The molecule has 1 N–H and O–H groups in total. The molecular weight excluding hydrogens is 400 g/mol. The van der Waals surface area contributed by atoms with Gasteiger partial charge in [-0.05, 0) is 30.7 Å². The smallest absolute Gasteiger partial charge is 0.221 e. The molecule has 0 aliphatic rings. The number of amides is 1. The average molecular weight is 427 g/mol. The van der Waals surface area contributed by atoms with Crippen molar-refractivity contribution in [3.8, 4) is 11.4 Å². The molecular formula is C23H27ClN4O2. The highest BCUT2D eigenvalue weighted by molar-refractivity contribution is 6.33. The summed E-state index contributed by atoms with van der Waals surface area (Å²) in [7, 11) is 1.62. The minimum atomic E-state index is -0.00200. The number of para-hydroxylation sites is 1. The van der Waals surface area contributed by atoms with Gasteiger partial charge in [0.15, 0.2) is 5.82 Å². The van der Waals surface area contributed by atoms with Gasteiger partial charge in [-0.1, -0.05) is 42.8 Å². The Bertz CT molecular complexity index is 996. The standard InChI is InChI=1S/C23H27ClN4O2/c1-3-14-28(15-12-21(29)25-13-16-30-2)23-18-9-5-7-11-20(18)26-22(27-23)17-8-4-6-10-19(17)24/h4-11H,3,12-16H2,1-2H3,(H,25,29). The number of hydrogen-bond donors (Lipinski definition) is 1. The van der Waals surface area contributed by atoms with Gasteiger partial charge in [0.2, 0.25) is 5.91 Å². The number of halogens is 1. The van der Waals surface area contributed by atoms with Crippen LogP contribution in [0.1, 0.15) is 19.8 Å². The number of nitrogens with one attached hydrogen (secondary N) is 1. The number of anilines is 1. The number of carbonyl (C=O) groups is 1. The van der Waals surface area contributed by atoms with E-state index in [4.69, 9.17) is 26.3 Å². The molecule has 0 saturated carbocycles. The minimum absolute atomic E-state index is 0.00200. The summed E-state index contributed by atoms with van der Waals surface area (Å²) in [5.74, 6) is 1.40. The quantitative estimate of drug-likeness (QED) is 0.489. The first-order chi connectivity index (χ1) is 14.6. The summed E-state index contributed by atoms with van der Waals surface area (Å²) < 4.78 is 4.99. The highest BCUT2D eigenvalue weighted by Crippen LogP contribution is 2.31. The van der Waals surface area contributed by atoms with Crippen LogP contribution in [0.5, 0.6) is 0 Å². The Morgan fingerprint density at radius 3 is 2.63 bits per heavy atom. The van der Waals surface area contributed by atoms with Crippen LogP contribution in [0.25, 0.3) is 22.3 Å². The Kier molecular flexibility index (Phi) is 7.99. The van der Waals surface area contributed by atoms with Crippen LogP contribution < -0.4 is 10.2 Å². The Labute approximate surface area is 182 Å². The number of rotatable bonds is 10. The lowest BCUT2D eigenvalue weighted by atomic mass is 10.1. The van der Waals surface area contributed by atoms with Gasteiger partial charge in [0.05, 0.1) is 17.1 Å². The molecule has 0 saturated heterocycles. The third kappa shape index (κ3) is 5.46. The monoisotopic (exact) mass is 426 g/mol. The second-order valence-electron chi connectivity index (χ2n) is 6.95. The molecule has 0 radical (unpaired) electrons. The van der Waals surface area contributed by atoms with Gasteiger partial charge >= 0.3 is 0 Å². The van der Waals surface area contributed by atoms with E-state index in [2.05, 4.69) is 17.1 Å². The Morgan fingerprint density at radius 2 is 1.87 bits per heavy atom. The lowest BCUT2D eigenvalue weighted by molar-refractivity contribution is -0.121. The molecule has 30 heavy (non-hydrogen) atoms. The first-order valence-corrected chi connectivity index (χ1v) is 10.5. The lowest BCUT2D eigenvalue weighted by Gasteiger charge is -2.25. The van der Waals surface area contributed by atoms with E-state index in [1.165, 1.54) is 0 Å². The first-order valence-electron chi connectivity index (χ1n) is 10.2. The molecule has 0 spiro atoms. The number of methoxy groups -OCH3 is 1. The second-order valence-corrected chi connectivity index (χ2v) is 7.35. The maximum absolute atomic E-state index is 12.2. The molecule has 3 rings (SSSR count). The Morgan fingerprint density at radius 1 is 1.10 bits per heavy atom. The van der Waals surface area contributed by atoms with Crippen molar-refractivity contribution in [1.82, 2.24) is 15.3 Å². The predicted molar refractivity (Wildman–Crippen MR) is 122 cm³/mol. The molecule has 7 heteroatoms. The fourth-order valence-corrected chi connectivity index (χ4v) is 3.50. The van der Waals surface area contributed by atoms with Crippen LogP contribution in [-0.4, -0.2) is 49.2 Å². The Balaban J connectivity index is 1.94. The zero-order valence-electron chi connectivity index (χ0n) is 17.4. The molecule has 1 aromatic heterocycles. The lowest BCUT2D eigenvalue weighted by Crippen LogP contribution is -2.33. The highest BCUT2D eigenvalue weighted by atomic mass is 35.5. The van der Waals surface area contributed by atoms with Crippen LogP contribution in [0, 0.1) is 0 Å². The summed E-state index contributed by atoms with van der Waals surface area (Å²) in [4.78, 5) is 24.0. The maximum Gasteiger partial charge on any atom is 0.221 e. The zero-order chi connectivity index (χ0) is 21.3. The largest absolute Gasteiger partial charge is 0.383 e. The van der Waals surface area contributed by atoms with Crippen LogP contribution >= 0.6 is 11.6 Å². The number of aromatic nitrogens is 2. The molecule has 0 fully saturated rings. The molecule has 0 atom stereocenters. The van der Waals surface area contributed by atoms with Crippen molar-refractivity contribution in [3.63, 3.8) is 0 Å². The van der Waals surface area contributed by atoms with Crippen molar-refractivity contribution in [1.29, 1.82) is 0 Å². The fourth-order valence-electron chi connectivity index (χ4n) is 3.27. The normalized spacial score (nSPS) is 10.9. The van der Waals surface area contributed by atoms with Gasteiger partial charge < -0.3 is 15.0 Å². The summed E-state index contributed by atoms with van der Waals surface area (Å²) in [5.41, 5.74) is 1.64. The second kappa shape index (κ2) is 10.9. The summed E-state index contributed by atoms with van der Waals surface area (Å²) in [6, 6.07) is 15.5. The third-order valence-corrected chi connectivity index (χ3v) is 5.06. The van der Waals surface area contributed by atoms with Crippen molar-refractivity contribution < 1.29 is 9.53 Å². The van der Waals surface area contributed by atoms with Crippen LogP contribution in [-0.2, 0) is 9.53 Å². The fraction of sp³-hybridized carbons (Fsp3) is 0.348. The number of carbonyl (C=O) groups excluding carboxylic acids is 1. The van der Waals surface area contributed by atoms with Crippen molar-refractivity contribution >= 4 is 34.2 Å². The predicted octanol–water partition coefficient (Wildman–Crippen LogP) is 4.32. The van der Waals surface area contributed by atoms with E-state index in [9.17, 15) is 4.79 Å². The number of hydrogen-bond acceptors (Lipinski definition) is 5. The van der Waals surface area contributed by atoms with Gasteiger partial charge in [0.1, 0.15) is 5.82 Å². The van der Waals surface area contributed by atoms with Crippen molar-refractivity contribution in [3.05, 3.63) is 53.6 Å². The molecule has 0 aliphatic heterocycles. The zero-order valence-corrected chi connectivity index (χ0v) is 18.2.